The molecule has 5 heteroatoms. The third-order valence-corrected chi connectivity index (χ3v) is 4.13. The molecule has 0 saturated heterocycles. The Balaban J connectivity index is 1.55. The third kappa shape index (κ3) is 2.44. The fourth-order valence-corrected chi connectivity index (χ4v) is 3.12. The van der Waals surface area contributed by atoms with Gasteiger partial charge in [0.05, 0.1) is 18.4 Å². The van der Waals surface area contributed by atoms with Crippen molar-refractivity contribution in [2.24, 2.45) is 0 Å². The molecule has 1 amide bonds. The monoisotopic (exact) mass is 308 g/mol. The van der Waals surface area contributed by atoms with E-state index in [2.05, 4.69) is 18.1 Å². The number of amides is 1. The van der Waals surface area contributed by atoms with Gasteiger partial charge in [0.2, 0.25) is 11.7 Å². The summed E-state index contributed by atoms with van der Waals surface area (Å²) in [5, 5.41) is 3.98. The molecule has 1 aliphatic rings. The number of carbonyl (C=O) groups is 1. The molecule has 0 radical (unpaired) electrons. The number of fused-ring (bicyclic) bond motifs is 1. The van der Waals surface area contributed by atoms with Crippen molar-refractivity contribution in [1.82, 2.24) is 5.16 Å². The Labute approximate surface area is 133 Å². The predicted molar refractivity (Wildman–Crippen MR) is 85.0 cm³/mol. The Morgan fingerprint density at radius 3 is 2.96 bits per heavy atom. The first kappa shape index (κ1) is 13.8. The predicted octanol–water partition coefficient (Wildman–Crippen LogP) is 3.45. The number of hydrogen-bond donors (Lipinski definition) is 0. The molecule has 0 N–H and O–H groups in total. The summed E-state index contributed by atoms with van der Waals surface area (Å²) in [7, 11) is 0. The Morgan fingerprint density at radius 1 is 1.26 bits per heavy atom. The van der Waals surface area contributed by atoms with Crippen LogP contribution in [0.2, 0.25) is 0 Å². The van der Waals surface area contributed by atoms with Crippen LogP contribution in [0.3, 0.4) is 0 Å². The van der Waals surface area contributed by atoms with E-state index in [1.165, 1.54) is 5.56 Å². The lowest BCUT2D eigenvalue weighted by Crippen LogP contribution is -2.36. The van der Waals surface area contributed by atoms with E-state index >= 15 is 0 Å². The highest BCUT2D eigenvalue weighted by molar-refractivity contribution is 5.97. The van der Waals surface area contributed by atoms with Gasteiger partial charge in [-0.25, -0.2) is 0 Å². The van der Waals surface area contributed by atoms with Crippen LogP contribution in [0.25, 0.3) is 11.5 Å². The van der Waals surface area contributed by atoms with Crippen LogP contribution < -0.4 is 4.90 Å². The molecule has 1 aliphatic heterocycles. The molecule has 2 aromatic heterocycles. The van der Waals surface area contributed by atoms with Crippen molar-refractivity contribution in [3.63, 3.8) is 0 Å². The topological polar surface area (TPSA) is 59.5 Å². The average molecular weight is 308 g/mol. The van der Waals surface area contributed by atoms with E-state index in [0.29, 0.717) is 17.2 Å². The maximum Gasteiger partial charge on any atom is 0.233 e. The molecule has 0 fully saturated rings. The number of furan rings is 1. The summed E-state index contributed by atoms with van der Waals surface area (Å²) in [6.07, 6.45) is 2.67. The van der Waals surface area contributed by atoms with E-state index in [4.69, 9.17) is 8.94 Å². The molecule has 3 heterocycles. The molecule has 0 bridgehead atoms. The Bertz CT molecular complexity index is 836. The number of hydrogen-bond acceptors (Lipinski definition) is 4. The maximum atomic E-state index is 12.7. The fraction of sp³-hybridized carbons (Fsp3) is 0.222. The zero-order valence-corrected chi connectivity index (χ0v) is 12.7. The molecule has 5 nitrogen and oxygen atoms in total. The summed E-state index contributed by atoms with van der Waals surface area (Å²) in [5.41, 5.74) is 2.82. The molecule has 0 aliphatic carbocycles. The SMILES string of the molecule is C[C@H]1Cc2ccccc2N1C(=O)Cc1cc(-c2ccco2)on1. The lowest BCUT2D eigenvalue weighted by Gasteiger charge is -2.22. The smallest absolute Gasteiger partial charge is 0.233 e. The van der Waals surface area contributed by atoms with Gasteiger partial charge in [0.25, 0.3) is 0 Å². The molecule has 4 rings (SSSR count). The maximum absolute atomic E-state index is 12.7. The molecule has 0 unspecified atom stereocenters. The average Bonchev–Trinajstić information content (AvgIpc) is 3.25. The van der Waals surface area contributed by atoms with E-state index in [-0.39, 0.29) is 18.4 Å². The van der Waals surface area contributed by atoms with E-state index in [0.717, 1.165) is 12.1 Å². The second-order valence-electron chi connectivity index (χ2n) is 5.78. The van der Waals surface area contributed by atoms with Crippen LogP contribution >= 0.6 is 0 Å². The number of benzene rings is 1. The molecule has 0 spiro atoms. The van der Waals surface area contributed by atoms with Crippen LogP contribution in [0.5, 0.6) is 0 Å². The number of nitrogens with zero attached hydrogens (tertiary/aromatic N) is 2. The summed E-state index contributed by atoms with van der Waals surface area (Å²) < 4.78 is 10.5. The molecular formula is C18H16N2O3. The number of anilines is 1. The summed E-state index contributed by atoms with van der Waals surface area (Å²) in [5.74, 6) is 1.17. The van der Waals surface area contributed by atoms with Gasteiger partial charge in [0.15, 0.2) is 5.76 Å². The van der Waals surface area contributed by atoms with Gasteiger partial charge in [-0.1, -0.05) is 23.4 Å². The third-order valence-electron chi connectivity index (χ3n) is 4.13. The van der Waals surface area contributed by atoms with Crippen molar-refractivity contribution in [3.8, 4) is 11.5 Å². The van der Waals surface area contributed by atoms with E-state index in [9.17, 15) is 4.79 Å². The first-order valence-corrected chi connectivity index (χ1v) is 7.62. The van der Waals surface area contributed by atoms with Gasteiger partial charge in [0.1, 0.15) is 0 Å². The van der Waals surface area contributed by atoms with E-state index in [1.807, 2.05) is 23.1 Å². The van der Waals surface area contributed by atoms with Crippen LogP contribution in [0.15, 0.2) is 57.7 Å². The first-order valence-electron chi connectivity index (χ1n) is 7.62. The molecule has 116 valence electrons. The Morgan fingerprint density at radius 2 is 2.13 bits per heavy atom. The minimum atomic E-state index is 0.0294. The lowest BCUT2D eigenvalue weighted by molar-refractivity contribution is -0.118. The van der Waals surface area contributed by atoms with Crippen LogP contribution in [0, 0.1) is 0 Å². The van der Waals surface area contributed by atoms with Crippen LogP contribution in [0.4, 0.5) is 5.69 Å². The van der Waals surface area contributed by atoms with Crippen LogP contribution in [-0.2, 0) is 17.6 Å². The number of carbonyl (C=O) groups excluding carboxylic acids is 1. The summed E-state index contributed by atoms with van der Waals surface area (Å²) >= 11 is 0. The van der Waals surface area contributed by atoms with E-state index in [1.54, 1.807) is 24.5 Å². The largest absolute Gasteiger partial charge is 0.461 e. The number of aromatic nitrogens is 1. The zero-order chi connectivity index (χ0) is 15.8. The number of rotatable bonds is 3. The minimum Gasteiger partial charge on any atom is -0.461 e. The van der Waals surface area contributed by atoms with Crippen molar-refractivity contribution in [2.45, 2.75) is 25.8 Å². The molecule has 1 atom stereocenters. The lowest BCUT2D eigenvalue weighted by atomic mass is 10.1. The van der Waals surface area contributed by atoms with Gasteiger partial charge in [-0.3, -0.25) is 4.79 Å². The fourth-order valence-electron chi connectivity index (χ4n) is 3.12. The van der Waals surface area contributed by atoms with Crippen molar-refractivity contribution in [1.29, 1.82) is 0 Å². The summed E-state index contributed by atoms with van der Waals surface area (Å²) in [6, 6.07) is 13.5. The highest BCUT2D eigenvalue weighted by Crippen LogP contribution is 2.32. The Hall–Kier alpha value is -2.82. The van der Waals surface area contributed by atoms with Gasteiger partial charge in [-0.2, -0.15) is 0 Å². The second kappa shape index (κ2) is 5.43. The standard InChI is InChI=1S/C18H16N2O3/c1-12-9-13-5-2-3-6-15(13)20(12)18(21)11-14-10-17(23-19-14)16-7-4-8-22-16/h2-8,10,12H,9,11H2,1H3/t12-/m0/s1. The molecule has 3 aromatic rings. The normalized spacial score (nSPS) is 16.6. The first-order chi connectivity index (χ1) is 11.2. The minimum absolute atomic E-state index is 0.0294. The van der Waals surface area contributed by atoms with Crippen molar-refractivity contribution < 1.29 is 13.7 Å². The van der Waals surface area contributed by atoms with Crippen molar-refractivity contribution in [2.75, 3.05) is 4.90 Å². The summed E-state index contributed by atoms with van der Waals surface area (Å²) in [6.45, 7) is 2.06. The van der Waals surface area contributed by atoms with Gasteiger partial charge in [0, 0.05) is 17.8 Å². The number of para-hydroxylation sites is 1. The highest BCUT2D eigenvalue weighted by Gasteiger charge is 2.30. The molecular weight excluding hydrogens is 292 g/mol. The molecule has 0 saturated carbocycles. The van der Waals surface area contributed by atoms with Crippen molar-refractivity contribution >= 4 is 11.6 Å². The van der Waals surface area contributed by atoms with Crippen LogP contribution in [0.1, 0.15) is 18.2 Å². The van der Waals surface area contributed by atoms with Gasteiger partial charge < -0.3 is 13.8 Å². The van der Waals surface area contributed by atoms with Gasteiger partial charge in [-0.15, -0.1) is 0 Å². The van der Waals surface area contributed by atoms with Gasteiger partial charge >= 0.3 is 0 Å². The zero-order valence-electron chi connectivity index (χ0n) is 12.7. The van der Waals surface area contributed by atoms with E-state index < -0.39 is 0 Å². The van der Waals surface area contributed by atoms with Crippen LogP contribution in [-0.4, -0.2) is 17.1 Å². The van der Waals surface area contributed by atoms with Gasteiger partial charge in [-0.05, 0) is 37.1 Å². The van der Waals surface area contributed by atoms with Crippen molar-refractivity contribution in [3.05, 3.63) is 60.0 Å². The second-order valence-corrected chi connectivity index (χ2v) is 5.78. The Kier molecular flexibility index (Phi) is 3.26. The highest BCUT2D eigenvalue weighted by atomic mass is 16.5. The molecule has 1 aromatic carbocycles. The molecule has 23 heavy (non-hydrogen) atoms. The summed E-state index contributed by atoms with van der Waals surface area (Å²) in [4.78, 5) is 14.6. The quantitative estimate of drug-likeness (QED) is 0.743.